The van der Waals surface area contributed by atoms with E-state index < -0.39 is 0 Å². The number of benzene rings is 1. The Labute approximate surface area is 163 Å². The molecule has 0 radical (unpaired) electrons. The van der Waals surface area contributed by atoms with Gasteiger partial charge in [0.2, 0.25) is 5.91 Å². The molecule has 8 nitrogen and oxygen atoms in total. The van der Waals surface area contributed by atoms with E-state index in [9.17, 15) is 14.9 Å². The predicted molar refractivity (Wildman–Crippen MR) is 107 cm³/mol. The van der Waals surface area contributed by atoms with Crippen LogP contribution in [0.4, 0.5) is 11.4 Å². The first-order valence-electron chi connectivity index (χ1n) is 9.90. The van der Waals surface area contributed by atoms with E-state index in [0.717, 1.165) is 69.6 Å². The molecule has 0 bridgehead atoms. The fourth-order valence-electron chi connectivity index (χ4n) is 4.22. The molecule has 0 unspecified atom stereocenters. The number of hydrogen-bond donors (Lipinski definition) is 0. The molecule has 2 aliphatic heterocycles. The molecule has 2 aromatic rings. The second-order valence-electron chi connectivity index (χ2n) is 7.49. The van der Waals surface area contributed by atoms with Gasteiger partial charge >= 0.3 is 0 Å². The number of aromatic nitrogens is 1. The number of rotatable bonds is 4. The minimum absolute atomic E-state index is 0.0829. The van der Waals surface area contributed by atoms with E-state index in [4.69, 9.17) is 0 Å². The summed E-state index contributed by atoms with van der Waals surface area (Å²) in [5.41, 5.74) is 1.08. The monoisotopic (exact) mass is 383 g/mol. The second-order valence-corrected chi connectivity index (χ2v) is 7.49. The maximum atomic E-state index is 12.5. The predicted octanol–water partition coefficient (Wildman–Crippen LogP) is 2.28. The lowest BCUT2D eigenvalue weighted by Gasteiger charge is -2.25. The molecule has 0 atom stereocenters. The molecule has 0 N–H and O–H groups in total. The van der Waals surface area contributed by atoms with E-state index in [2.05, 4.69) is 14.8 Å². The number of non-ortho nitro benzene ring substituents is 1. The molecule has 1 amide bonds. The van der Waals surface area contributed by atoms with Crippen LogP contribution in [0.3, 0.4) is 0 Å². The Bertz CT molecular complexity index is 881. The summed E-state index contributed by atoms with van der Waals surface area (Å²) < 4.78 is 0. The molecule has 1 aromatic heterocycles. The van der Waals surface area contributed by atoms with E-state index in [0.29, 0.717) is 11.9 Å². The third-order valence-corrected chi connectivity index (χ3v) is 5.72. The van der Waals surface area contributed by atoms with E-state index in [-0.39, 0.29) is 16.5 Å². The Kier molecular flexibility index (Phi) is 5.38. The lowest BCUT2D eigenvalue weighted by molar-refractivity contribution is -0.383. The number of carbonyl (C=O) groups excluding carboxylic acids is 1. The van der Waals surface area contributed by atoms with E-state index in [1.165, 1.54) is 0 Å². The molecule has 2 aliphatic rings. The number of amides is 1. The molecule has 2 fully saturated rings. The number of hydrogen-bond acceptors (Lipinski definition) is 6. The van der Waals surface area contributed by atoms with Crippen LogP contribution < -0.4 is 4.90 Å². The third-order valence-electron chi connectivity index (χ3n) is 5.72. The number of carbonyl (C=O) groups is 1. The van der Waals surface area contributed by atoms with Gasteiger partial charge in [0.05, 0.1) is 16.9 Å². The second kappa shape index (κ2) is 8.10. The fraction of sp³-hybridized carbons (Fsp3) is 0.500. The van der Waals surface area contributed by atoms with Crippen molar-refractivity contribution in [1.29, 1.82) is 0 Å². The summed E-state index contributed by atoms with van der Waals surface area (Å²) in [5, 5.41) is 12.8. The van der Waals surface area contributed by atoms with Crippen LogP contribution in [0.25, 0.3) is 10.8 Å². The quantitative estimate of drug-likeness (QED) is 0.595. The van der Waals surface area contributed by atoms with Crippen LogP contribution in [0.15, 0.2) is 30.6 Å². The Morgan fingerprint density at radius 2 is 1.82 bits per heavy atom. The van der Waals surface area contributed by atoms with E-state index in [1.54, 1.807) is 18.5 Å². The Balaban J connectivity index is 1.49. The van der Waals surface area contributed by atoms with Gasteiger partial charge in [-0.05, 0) is 31.4 Å². The number of nitro groups is 1. The molecule has 3 heterocycles. The van der Waals surface area contributed by atoms with Crippen LogP contribution in [0.1, 0.15) is 19.3 Å². The highest BCUT2D eigenvalue weighted by Crippen LogP contribution is 2.33. The van der Waals surface area contributed by atoms with Crippen LogP contribution in [0.2, 0.25) is 0 Å². The van der Waals surface area contributed by atoms with E-state index >= 15 is 0 Å². The Morgan fingerprint density at radius 1 is 1.00 bits per heavy atom. The molecular weight excluding hydrogens is 358 g/mol. The topological polar surface area (TPSA) is 82.8 Å². The maximum absolute atomic E-state index is 12.5. The number of anilines is 1. The van der Waals surface area contributed by atoms with Crippen molar-refractivity contribution in [2.75, 3.05) is 50.7 Å². The van der Waals surface area contributed by atoms with Gasteiger partial charge in [-0.15, -0.1) is 0 Å². The van der Waals surface area contributed by atoms with Gasteiger partial charge in [-0.1, -0.05) is 0 Å². The van der Waals surface area contributed by atoms with Gasteiger partial charge in [-0.3, -0.25) is 24.8 Å². The highest BCUT2D eigenvalue weighted by atomic mass is 16.6. The zero-order valence-corrected chi connectivity index (χ0v) is 15.9. The van der Waals surface area contributed by atoms with Crippen molar-refractivity contribution in [3.63, 3.8) is 0 Å². The lowest BCUT2D eigenvalue weighted by atomic mass is 10.1. The van der Waals surface area contributed by atoms with Crippen LogP contribution in [-0.4, -0.2) is 71.4 Å². The summed E-state index contributed by atoms with van der Waals surface area (Å²) in [7, 11) is 0. The Hall–Kier alpha value is -2.74. The van der Waals surface area contributed by atoms with Crippen molar-refractivity contribution in [3.8, 4) is 0 Å². The van der Waals surface area contributed by atoms with Crippen molar-refractivity contribution in [2.45, 2.75) is 19.3 Å². The van der Waals surface area contributed by atoms with Crippen molar-refractivity contribution >= 4 is 28.1 Å². The van der Waals surface area contributed by atoms with Crippen LogP contribution in [0, 0.1) is 10.1 Å². The molecule has 8 heteroatoms. The van der Waals surface area contributed by atoms with Gasteiger partial charge < -0.3 is 9.80 Å². The standard InChI is InChI=1S/C20H25N5O3/c26-20(24-9-1-2-10-24)15-22-8-3-11-23(13-12-22)18-4-5-19(25(27)28)17-14-21-7-6-16(17)18/h4-7,14H,1-3,8-13,15H2. The summed E-state index contributed by atoms with van der Waals surface area (Å²) in [6.45, 7) is 5.62. The summed E-state index contributed by atoms with van der Waals surface area (Å²) in [6.07, 6.45) is 6.42. The molecule has 0 saturated carbocycles. The van der Waals surface area contributed by atoms with Gasteiger partial charge in [0.25, 0.3) is 5.69 Å². The van der Waals surface area contributed by atoms with E-state index in [1.807, 2.05) is 17.0 Å². The summed E-state index contributed by atoms with van der Waals surface area (Å²) in [4.78, 5) is 34.0. The number of nitro benzene ring substituents is 1. The first-order chi connectivity index (χ1) is 13.6. The van der Waals surface area contributed by atoms with Crippen molar-refractivity contribution in [3.05, 3.63) is 40.7 Å². The van der Waals surface area contributed by atoms with Gasteiger partial charge in [0, 0.05) is 68.8 Å². The van der Waals surface area contributed by atoms with Gasteiger partial charge in [-0.25, -0.2) is 0 Å². The minimum Gasteiger partial charge on any atom is -0.370 e. The minimum atomic E-state index is -0.359. The molecule has 4 rings (SSSR count). The number of likely N-dealkylation sites (tertiary alicyclic amines) is 1. The largest absolute Gasteiger partial charge is 0.370 e. The molecule has 2 saturated heterocycles. The molecule has 148 valence electrons. The highest BCUT2D eigenvalue weighted by Gasteiger charge is 2.24. The molecule has 1 aromatic carbocycles. The van der Waals surface area contributed by atoms with Gasteiger partial charge in [0.1, 0.15) is 0 Å². The normalized spacial score (nSPS) is 18.4. The first kappa shape index (κ1) is 18.6. The highest BCUT2D eigenvalue weighted by molar-refractivity contribution is 5.99. The number of fused-ring (bicyclic) bond motifs is 1. The maximum Gasteiger partial charge on any atom is 0.278 e. The van der Waals surface area contributed by atoms with Crippen molar-refractivity contribution in [1.82, 2.24) is 14.8 Å². The van der Waals surface area contributed by atoms with Crippen molar-refractivity contribution < 1.29 is 9.72 Å². The Morgan fingerprint density at radius 3 is 2.61 bits per heavy atom. The molecular formula is C20H25N5O3. The lowest BCUT2D eigenvalue weighted by Crippen LogP contribution is -2.40. The molecule has 0 spiro atoms. The van der Waals surface area contributed by atoms with Crippen molar-refractivity contribution in [2.24, 2.45) is 0 Å². The summed E-state index contributed by atoms with van der Waals surface area (Å²) in [6, 6.07) is 5.25. The SMILES string of the molecule is O=C(CN1CCCN(c2ccc([N+](=O)[O-])c3cnccc23)CC1)N1CCCC1. The zero-order chi connectivity index (χ0) is 19.5. The summed E-state index contributed by atoms with van der Waals surface area (Å²) >= 11 is 0. The fourth-order valence-corrected chi connectivity index (χ4v) is 4.22. The average Bonchev–Trinajstić information content (AvgIpc) is 3.15. The third kappa shape index (κ3) is 3.77. The average molecular weight is 383 g/mol. The van der Waals surface area contributed by atoms with Gasteiger partial charge in [0.15, 0.2) is 0 Å². The smallest absolute Gasteiger partial charge is 0.278 e. The summed E-state index contributed by atoms with van der Waals surface area (Å²) in [5.74, 6) is 0.234. The van der Waals surface area contributed by atoms with Crippen LogP contribution in [0.5, 0.6) is 0 Å². The van der Waals surface area contributed by atoms with Crippen LogP contribution in [-0.2, 0) is 4.79 Å². The molecule has 28 heavy (non-hydrogen) atoms. The molecule has 0 aliphatic carbocycles. The number of pyridine rings is 1. The van der Waals surface area contributed by atoms with Gasteiger partial charge in [-0.2, -0.15) is 0 Å². The zero-order valence-electron chi connectivity index (χ0n) is 15.9. The first-order valence-corrected chi connectivity index (χ1v) is 9.90. The van der Waals surface area contributed by atoms with Crippen LogP contribution >= 0.6 is 0 Å². The number of nitrogens with zero attached hydrogens (tertiary/aromatic N) is 5.